The first-order valence-electron chi connectivity index (χ1n) is 7.39. The molecule has 1 aliphatic rings. The Bertz CT molecular complexity index is 305. The van der Waals surface area contributed by atoms with Crippen LogP contribution in [-0.2, 0) is 9.53 Å². The third-order valence-corrected chi connectivity index (χ3v) is 3.92. The van der Waals surface area contributed by atoms with Crippen molar-refractivity contribution in [3.63, 3.8) is 0 Å². The predicted octanol–water partition coefficient (Wildman–Crippen LogP) is 2.04. The van der Waals surface area contributed by atoms with Gasteiger partial charge in [-0.25, -0.2) is 0 Å². The Kier molecular flexibility index (Phi) is 5.81. The number of hydrogen-bond donors (Lipinski definition) is 1. The molecule has 0 aromatic carbocycles. The molecule has 1 saturated heterocycles. The summed E-state index contributed by atoms with van der Waals surface area (Å²) in [5.41, 5.74) is -0.252. The Hall–Kier alpha value is -0.610. The van der Waals surface area contributed by atoms with Crippen LogP contribution in [0.1, 0.15) is 47.0 Å². The van der Waals surface area contributed by atoms with Crippen molar-refractivity contribution in [2.24, 2.45) is 5.41 Å². The molecule has 0 spiro atoms. The molecular weight excluding hydrogens is 240 g/mol. The van der Waals surface area contributed by atoms with Gasteiger partial charge < -0.3 is 15.0 Å². The van der Waals surface area contributed by atoms with Gasteiger partial charge in [-0.15, -0.1) is 0 Å². The van der Waals surface area contributed by atoms with E-state index in [0.717, 1.165) is 32.6 Å². The Balaban J connectivity index is 2.68. The van der Waals surface area contributed by atoms with Crippen molar-refractivity contribution in [2.75, 3.05) is 33.3 Å². The zero-order valence-electron chi connectivity index (χ0n) is 13.2. The van der Waals surface area contributed by atoms with Gasteiger partial charge in [0.25, 0.3) is 0 Å². The zero-order valence-corrected chi connectivity index (χ0v) is 13.2. The van der Waals surface area contributed by atoms with E-state index in [4.69, 9.17) is 4.74 Å². The van der Waals surface area contributed by atoms with E-state index in [1.807, 2.05) is 6.92 Å². The molecule has 0 aromatic heterocycles. The second-order valence-corrected chi connectivity index (χ2v) is 6.73. The van der Waals surface area contributed by atoms with Gasteiger partial charge in [0.15, 0.2) is 0 Å². The van der Waals surface area contributed by atoms with Gasteiger partial charge in [0.1, 0.15) is 5.54 Å². The number of rotatable bonds is 6. The summed E-state index contributed by atoms with van der Waals surface area (Å²) >= 11 is 0. The van der Waals surface area contributed by atoms with Crippen molar-refractivity contribution in [2.45, 2.75) is 52.5 Å². The third-order valence-electron chi connectivity index (χ3n) is 3.92. The molecule has 0 aromatic rings. The van der Waals surface area contributed by atoms with Gasteiger partial charge in [-0.2, -0.15) is 0 Å². The van der Waals surface area contributed by atoms with Crippen molar-refractivity contribution in [1.29, 1.82) is 0 Å². The van der Waals surface area contributed by atoms with Gasteiger partial charge in [0.2, 0.25) is 0 Å². The average molecular weight is 270 g/mol. The van der Waals surface area contributed by atoms with E-state index < -0.39 is 5.54 Å². The fourth-order valence-corrected chi connectivity index (χ4v) is 2.95. The molecule has 0 aliphatic carbocycles. The fourth-order valence-electron chi connectivity index (χ4n) is 2.95. The molecule has 1 unspecified atom stereocenters. The van der Waals surface area contributed by atoms with Gasteiger partial charge in [-0.1, -0.05) is 20.8 Å². The second-order valence-electron chi connectivity index (χ2n) is 6.73. The lowest BCUT2D eigenvalue weighted by Gasteiger charge is -2.42. The summed E-state index contributed by atoms with van der Waals surface area (Å²) in [6.07, 6.45) is 3.48. The predicted molar refractivity (Wildman–Crippen MR) is 78.2 cm³/mol. The van der Waals surface area contributed by atoms with Gasteiger partial charge in [0, 0.05) is 13.1 Å². The first kappa shape index (κ1) is 16.4. The lowest BCUT2D eigenvalue weighted by atomic mass is 9.83. The van der Waals surface area contributed by atoms with Crippen LogP contribution in [0, 0.1) is 5.41 Å². The van der Waals surface area contributed by atoms with Gasteiger partial charge in [-0.05, 0) is 44.7 Å². The van der Waals surface area contributed by atoms with E-state index in [-0.39, 0.29) is 5.97 Å². The Labute approximate surface area is 117 Å². The van der Waals surface area contributed by atoms with Crippen LogP contribution >= 0.6 is 0 Å². The van der Waals surface area contributed by atoms with Crippen molar-refractivity contribution in [1.82, 2.24) is 10.2 Å². The maximum atomic E-state index is 12.1. The average Bonchev–Trinajstić information content (AvgIpc) is 2.34. The van der Waals surface area contributed by atoms with E-state index in [9.17, 15) is 4.79 Å². The number of carbonyl (C=O) groups excluding carboxylic acids is 1. The number of likely N-dealkylation sites (tertiary alicyclic amines) is 1. The van der Waals surface area contributed by atoms with Crippen LogP contribution in [0.2, 0.25) is 0 Å². The molecule has 0 amide bonds. The summed E-state index contributed by atoms with van der Waals surface area (Å²) in [7, 11) is 1.47. The van der Waals surface area contributed by atoms with Crippen LogP contribution in [0.3, 0.4) is 0 Å². The molecule has 4 heteroatoms. The molecule has 1 N–H and O–H groups in total. The van der Waals surface area contributed by atoms with Gasteiger partial charge in [-0.3, -0.25) is 4.79 Å². The summed E-state index contributed by atoms with van der Waals surface area (Å²) < 4.78 is 4.98. The topological polar surface area (TPSA) is 41.6 Å². The van der Waals surface area contributed by atoms with Crippen LogP contribution < -0.4 is 5.32 Å². The highest BCUT2D eigenvalue weighted by molar-refractivity contribution is 5.80. The molecule has 19 heavy (non-hydrogen) atoms. The fraction of sp³-hybridized carbons (Fsp3) is 0.933. The number of ether oxygens (including phenoxy) is 1. The van der Waals surface area contributed by atoms with Gasteiger partial charge >= 0.3 is 5.97 Å². The van der Waals surface area contributed by atoms with E-state index in [0.29, 0.717) is 5.41 Å². The molecule has 1 rings (SSSR count). The lowest BCUT2D eigenvalue weighted by molar-refractivity contribution is -0.149. The van der Waals surface area contributed by atoms with Gasteiger partial charge in [0.05, 0.1) is 7.11 Å². The lowest BCUT2D eigenvalue weighted by Crippen LogP contribution is -2.59. The van der Waals surface area contributed by atoms with Crippen LogP contribution in [0.15, 0.2) is 0 Å². The zero-order chi connectivity index (χ0) is 14.5. The largest absolute Gasteiger partial charge is 0.468 e. The van der Waals surface area contributed by atoms with E-state index >= 15 is 0 Å². The summed E-state index contributed by atoms with van der Waals surface area (Å²) in [6.45, 7) is 12.3. The number of carbonyl (C=O) groups is 1. The number of piperidine rings is 1. The monoisotopic (exact) mass is 270 g/mol. The summed E-state index contributed by atoms with van der Waals surface area (Å²) in [5.74, 6) is -0.163. The maximum absolute atomic E-state index is 12.1. The van der Waals surface area contributed by atoms with E-state index in [1.54, 1.807) is 0 Å². The minimum absolute atomic E-state index is 0.163. The second kappa shape index (κ2) is 6.71. The van der Waals surface area contributed by atoms with Crippen molar-refractivity contribution < 1.29 is 9.53 Å². The first-order chi connectivity index (χ1) is 8.83. The van der Waals surface area contributed by atoms with Crippen molar-refractivity contribution >= 4 is 5.97 Å². The maximum Gasteiger partial charge on any atom is 0.327 e. The minimum Gasteiger partial charge on any atom is -0.468 e. The summed E-state index contributed by atoms with van der Waals surface area (Å²) in [5, 5.41) is 3.35. The van der Waals surface area contributed by atoms with Crippen molar-refractivity contribution in [3.8, 4) is 0 Å². The molecular formula is C15H30N2O2. The molecule has 112 valence electrons. The molecule has 0 saturated carbocycles. The van der Waals surface area contributed by atoms with E-state index in [2.05, 4.69) is 31.0 Å². The molecule has 1 atom stereocenters. The molecule has 1 fully saturated rings. The van der Waals surface area contributed by atoms with E-state index in [1.165, 1.54) is 20.0 Å². The van der Waals surface area contributed by atoms with Crippen molar-refractivity contribution in [3.05, 3.63) is 0 Å². The normalized spacial score (nSPS) is 22.8. The Morgan fingerprint density at radius 2 is 2.16 bits per heavy atom. The number of esters is 1. The summed E-state index contributed by atoms with van der Waals surface area (Å²) in [4.78, 5) is 14.5. The standard InChI is InChI=1S/C15H30N2O2/c1-6-9-16-15(4,13(18)19-5)12-17-10-7-8-14(2,3)11-17/h16H,6-12H2,1-5H3. The van der Waals surface area contributed by atoms with Crippen LogP contribution in [0.25, 0.3) is 0 Å². The SMILES string of the molecule is CCCNC(C)(CN1CCCC(C)(C)C1)C(=O)OC. The quantitative estimate of drug-likeness (QED) is 0.750. The van der Waals surface area contributed by atoms with Crippen LogP contribution in [0.4, 0.5) is 0 Å². The number of methoxy groups -OCH3 is 1. The first-order valence-corrected chi connectivity index (χ1v) is 7.39. The number of nitrogens with one attached hydrogen (secondary N) is 1. The molecule has 1 aliphatic heterocycles. The molecule has 4 nitrogen and oxygen atoms in total. The highest BCUT2D eigenvalue weighted by Crippen LogP contribution is 2.29. The highest BCUT2D eigenvalue weighted by atomic mass is 16.5. The highest BCUT2D eigenvalue weighted by Gasteiger charge is 2.38. The smallest absolute Gasteiger partial charge is 0.327 e. The summed E-state index contributed by atoms with van der Waals surface area (Å²) in [6, 6.07) is 0. The molecule has 1 heterocycles. The van der Waals surface area contributed by atoms with Crippen LogP contribution in [0.5, 0.6) is 0 Å². The minimum atomic E-state index is -0.599. The van der Waals surface area contributed by atoms with Crippen LogP contribution in [-0.4, -0.2) is 49.7 Å². The molecule has 0 bridgehead atoms. The number of hydrogen-bond acceptors (Lipinski definition) is 4. The molecule has 0 radical (unpaired) electrons. The number of nitrogens with zero attached hydrogens (tertiary/aromatic N) is 1. The third kappa shape index (κ3) is 4.77. The Morgan fingerprint density at radius 1 is 1.47 bits per heavy atom. The Morgan fingerprint density at radius 3 is 2.68 bits per heavy atom.